The van der Waals surface area contributed by atoms with Crippen molar-refractivity contribution >= 4 is 5.69 Å². The first-order chi connectivity index (χ1) is 9.15. The van der Waals surface area contributed by atoms with Crippen molar-refractivity contribution in [3.8, 4) is 11.6 Å². The smallest absolute Gasteiger partial charge is 0.241 e. The third-order valence-corrected chi connectivity index (χ3v) is 2.84. The fraction of sp³-hybridized carbons (Fsp3) is 0.538. The summed E-state index contributed by atoms with van der Waals surface area (Å²) in [6.07, 6.45) is 5.59. The van der Waals surface area contributed by atoms with Crippen molar-refractivity contribution in [1.29, 1.82) is 0 Å². The zero-order chi connectivity index (χ0) is 13.8. The van der Waals surface area contributed by atoms with Gasteiger partial charge in [0.05, 0.1) is 18.1 Å². The summed E-state index contributed by atoms with van der Waals surface area (Å²) in [5.41, 5.74) is 7.40. The van der Waals surface area contributed by atoms with Crippen LogP contribution in [0.2, 0.25) is 0 Å². The van der Waals surface area contributed by atoms with Crippen LogP contribution in [0.15, 0.2) is 12.4 Å². The Bertz CT molecular complexity index is 543. The van der Waals surface area contributed by atoms with E-state index in [9.17, 15) is 0 Å². The maximum Gasteiger partial charge on any atom is 0.241 e. The zero-order valence-corrected chi connectivity index (χ0v) is 11.8. The van der Waals surface area contributed by atoms with Crippen LogP contribution >= 0.6 is 0 Å². The third-order valence-electron chi connectivity index (χ3n) is 2.84. The molecule has 2 rings (SSSR count). The second-order valence-electron chi connectivity index (χ2n) is 4.57. The van der Waals surface area contributed by atoms with Crippen LogP contribution in [0.4, 0.5) is 5.69 Å². The molecule has 0 aliphatic rings. The summed E-state index contributed by atoms with van der Waals surface area (Å²) in [6, 6.07) is 0. The molecule has 0 amide bonds. The molecule has 0 fully saturated rings. The van der Waals surface area contributed by atoms with Crippen molar-refractivity contribution in [2.45, 2.75) is 46.7 Å². The Morgan fingerprint density at radius 1 is 1.26 bits per heavy atom. The highest BCUT2D eigenvalue weighted by atomic mass is 16.5. The molecule has 0 aliphatic heterocycles. The van der Waals surface area contributed by atoms with Crippen molar-refractivity contribution in [1.82, 2.24) is 19.6 Å². The van der Waals surface area contributed by atoms with Gasteiger partial charge in [0.25, 0.3) is 0 Å². The van der Waals surface area contributed by atoms with Gasteiger partial charge in [-0.25, -0.2) is 4.68 Å². The standard InChI is InChI=1S/C13H21N5O/c1-4-6-17-9-11(8-15-17)19-13-12(14)10(3)16-18(13)7-5-2/h8-9H,4-7,14H2,1-3H3. The van der Waals surface area contributed by atoms with Crippen LogP contribution in [-0.4, -0.2) is 19.6 Å². The van der Waals surface area contributed by atoms with Crippen molar-refractivity contribution in [3.63, 3.8) is 0 Å². The molecule has 6 nitrogen and oxygen atoms in total. The first kappa shape index (κ1) is 13.5. The molecule has 0 unspecified atom stereocenters. The van der Waals surface area contributed by atoms with E-state index in [1.807, 2.05) is 22.5 Å². The SMILES string of the molecule is CCCn1cc(Oc2c(N)c(C)nn2CCC)cn1. The Kier molecular flexibility index (Phi) is 4.09. The lowest BCUT2D eigenvalue weighted by molar-refractivity contribution is 0.409. The quantitative estimate of drug-likeness (QED) is 0.869. The van der Waals surface area contributed by atoms with Crippen LogP contribution in [0.25, 0.3) is 0 Å². The number of rotatable bonds is 6. The van der Waals surface area contributed by atoms with E-state index >= 15 is 0 Å². The summed E-state index contributed by atoms with van der Waals surface area (Å²) in [4.78, 5) is 0. The van der Waals surface area contributed by atoms with E-state index in [0.29, 0.717) is 17.3 Å². The monoisotopic (exact) mass is 263 g/mol. The fourth-order valence-corrected chi connectivity index (χ4v) is 1.91. The van der Waals surface area contributed by atoms with Crippen LogP contribution in [0, 0.1) is 6.92 Å². The molecule has 19 heavy (non-hydrogen) atoms. The number of aromatic nitrogens is 4. The summed E-state index contributed by atoms with van der Waals surface area (Å²) >= 11 is 0. The molecule has 0 atom stereocenters. The minimum Gasteiger partial charge on any atom is -0.434 e. The molecule has 0 spiro atoms. The lowest BCUT2D eigenvalue weighted by Crippen LogP contribution is -2.02. The Morgan fingerprint density at radius 2 is 2.00 bits per heavy atom. The molecule has 0 aliphatic carbocycles. The van der Waals surface area contributed by atoms with Crippen molar-refractivity contribution in [3.05, 3.63) is 18.1 Å². The second-order valence-corrected chi connectivity index (χ2v) is 4.57. The summed E-state index contributed by atoms with van der Waals surface area (Å²) in [6.45, 7) is 7.76. The lowest BCUT2D eigenvalue weighted by atomic mass is 10.4. The minimum atomic E-state index is 0.594. The van der Waals surface area contributed by atoms with E-state index in [-0.39, 0.29) is 0 Å². The molecule has 2 aromatic heterocycles. The molecule has 0 radical (unpaired) electrons. The van der Waals surface area contributed by atoms with Crippen LogP contribution in [-0.2, 0) is 13.1 Å². The average Bonchev–Trinajstić information content (AvgIpc) is 2.91. The van der Waals surface area contributed by atoms with Gasteiger partial charge < -0.3 is 10.5 Å². The highest BCUT2D eigenvalue weighted by Gasteiger charge is 2.15. The van der Waals surface area contributed by atoms with Crippen molar-refractivity contribution in [2.24, 2.45) is 0 Å². The number of nitrogens with zero attached hydrogens (tertiary/aromatic N) is 4. The van der Waals surface area contributed by atoms with Crippen molar-refractivity contribution < 1.29 is 4.74 Å². The zero-order valence-electron chi connectivity index (χ0n) is 11.8. The number of nitrogens with two attached hydrogens (primary N) is 1. The highest BCUT2D eigenvalue weighted by Crippen LogP contribution is 2.29. The van der Waals surface area contributed by atoms with Gasteiger partial charge in [-0.2, -0.15) is 10.2 Å². The van der Waals surface area contributed by atoms with Crippen molar-refractivity contribution in [2.75, 3.05) is 5.73 Å². The second kappa shape index (κ2) is 5.77. The predicted molar refractivity (Wildman–Crippen MR) is 74.3 cm³/mol. The molecule has 2 heterocycles. The van der Waals surface area contributed by atoms with Crippen LogP contribution < -0.4 is 10.5 Å². The number of ether oxygens (including phenoxy) is 1. The first-order valence-corrected chi connectivity index (χ1v) is 6.68. The molecule has 104 valence electrons. The molecule has 0 saturated carbocycles. The molecule has 0 saturated heterocycles. The maximum absolute atomic E-state index is 6.01. The predicted octanol–water partition coefficient (Wildman–Crippen LogP) is 2.58. The number of aryl methyl sites for hydroxylation is 3. The van der Waals surface area contributed by atoms with Gasteiger partial charge in [-0.3, -0.25) is 4.68 Å². The van der Waals surface area contributed by atoms with Gasteiger partial charge in [0.2, 0.25) is 5.88 Å². The Hall–Kier alpha value is -1.98. The number of hydrogen-bond acceptors (Lipinski definition) is 4. The largest absolute Gasteiger partial charge is 0.434 e. The fourth-order valence-electron chi connectivity index (χ4n) is 1.91. The summed E-state index contributed by atoms with van der Waals surface area (Å²) in [5, 5.41) is 8.61. The summed E-state index contributed by atoms with van der Waals surface area (Å²) in [7, 11) is 0. The Balaban J connectivity index is 2.21. The molecular weight excluding hydrogens is 242 g/mol. The molecule has 0 bridgehead atoms. The normalized spacial score (nSPS) is 10.9. The number of hydrogen-bond donors (Lipinski definition) is 1. The first-order valence-electron chi connectivity index (χ1n) is 6.68. The minimum absolute atomic E-state index is 0.594. The van der Waals surface area contributed by atoms with Gasteiger partial charge >= 0.3 is 0 Å². The lowest BCUT2D eigenvalue weighted by Gasteiger charge is -2.06. The van der Waals surface area contributed by atoms with Gasteiger partial charge in [0, 0.05) is 13.1 Å². The summed E-state index contributed by atoms with van der Waals surface area (Å²) in [5.74, 6) is 1.30. The third kappa shape index (κ3) is 2.89. The summed E-state index contributed by atoms with van der Waals surface area (Å²) < 4.78 is 9.50. The number of anilines is 1. The Labute approximate surface area is 113 Å². The van der Waals surface area contributed by atoms with Crippen LogP contribution in [0.3, 0.4) is 0 Å². The maximum atomic E-state index is 6.01. The van der Waals surface area contributed by atoms with Gasteiger partial charge in [0.1, 0.15) is 5.69 Å². The van der Waals surface area contributed by atoms with E-state index in [2.05, 4.69) is 24.0 Å². The van der Waals surface area contributed by atoms with Gasteiger partial charge in [-0.15, -0.1) is 0 Å². The molecule has 0 aromatic carbocycles. The topological polar surface area (TPSA) is 70.9 Å². The van der Waals surface area contributed by atoms with E-state index in [0.717, 1.165) is 31.6 Å². The molecule has 6 heteroatoms. The van der Waals surface area contributed by atoms with Gasteiger partial charge in [0.15, 0.2) is 5.75 Å². The molecule has 2 aromatic rings. The molecule has 2 N–H and O–H groups in total. The Morgan fingerprint density at radius 3 is 2.68 bits per heavy atom. The van der Waals surface area contributed by atoms with E-state index in [1.165, 1.54) is 0 Å². The van der Waals surface area contributed by atoms with Crippen LogP contribution in [0.1, 0.15) is 32.4 Å². The molecular formula is C13H21N5O. The van der Waals surface area contributed by atoms with E-state index < -0.39 is 0 Å². The van der Waals surface area contributed by atoms with E-state index in [1.54, 1.807) is 6.20 Å². The average molecular weight is 263 g/mol. The van der Waals surface area contributed by atoms with Crippen LogP contribution in [0.5, 0.6) is 11.6 Å². The van der Waals surface area contributed by atoms with Gasteiger partial charge in [-0.05, 0) is 19.8 Å². The highest BCUT2D eigenvalue weighted by molar-refractivity contribution is 5.53. The van der Waals surface area contributed by atoms with Gasteiger partial charge in [-0.1, -0.05) is 13.8 Å². The van der Waals surface area contributed by atoms with E-state index in [4.69, 9.17) is 10.5 Å². The number of nitrogen functional groups attached to an aromatic ring is 1.